The molecule has 0 radical (unpaired) electrons. The van der Waals surface area contributed by atoms with E-state index in [-0.39, 0.29) is 4.90 Å². The number of hydrogen-bond donors (Lipinski definition) is 3. The second-order valence-electron chi connectivity index (χ2n) is 5.07. The number of aromatic nitrogens is 1. The third-order valence-corrected chi connectivity index (χ3v) is 4.22. The first-order valence-electron chi connectivity index (χ1n) is 6.97. The quantitative estimate of drug-likeness (QED) is 0.678. The van der Waals surface area contributed by atoms with Crippen molar-refractivity contribution in [1.82, 2.24) is 4.98 Å². The zero-order chi connectivity index (χ0) is 17.2. The van der Waals surface area contributed by atoms with Crippen LogP contribution in [0.2, 0.25) is 0 Å². The van der Waals surface area contributed by atoms with E-state index >= 15 is 0 Å². The van der Waals surface area contributed by atoms with Crippen LogP contribution in [0.1, 0.15) is 0 Å². The van der Waals surface area contributed by atoms with Crippen molar-refractivity contribution in [3.8, 4) is 0 Å². The fourth-order valence-electron chi connectivity index (χ4n) is 2.16. The molecule has 24 heavy (non-hydrogen) atoms. The van der Waals surface area contributed by atoms with Gasteiger partial charge in [-0.1, -0.05) is 18.2 Å². The summed E-state index contributed by atoms with van der Waals surface area (Å²) in [5.41, 5.74) is 1.82. The molecule has 7 nitrogen and oxygen atoms in total. The molecule has 2 amide bonds. The molecule has 0 saturated carbocycles. The Hall–Kier alpha value is -2.97. The summed E-state index contributed by atoms with van der Waals surface area (Å²) in [4.78, 5) is 16.2. The van der Waals surface area contributed by atoms with Gasteiger partial charge in [-0.15, -0.1) is 0 Å². The molecule has 0 atom stereocenters. The second kappa shape index (κ2) is 6.26. The number of anilines is 2. The lowest BCUT2D eigenvalue weighted by molar-refractivity contribution is 0.262. The van der Waals surface area contributed by atoms with E-state index in [2.05, 4.69) is 15.6 Å². The van der Waals surface area contributed by atoms with Crippen LogP contribution in [-0.2, 0) is 10.0 Å². The number of carbonyl (C=O) groups is 1. The highest BCUT2D eigenvalue weighted by atomic mass is 32.2. The van der Waals surface area contributed by atoms with E-state index in [1.54, 1.807) is 6.20 Å². The maximum absolute atomic E-state index is 12.0. The fraction of sp³-hybridized carbons (Fsp3) is 0. The summed E-state index contributed by atoms with van der Waals surface area (Å²) in [6.07, 6.45) is 1.56. The topological polar surface area (TPSA) is 114 Å². The number of hydrogen-bond acceptors (Lipinski definition) is 4. The summed E-state index contributed by atoms with van der Waals surface area (Å²) in [7, 11) is -3.75. The Morgan fingerprint density at radius 3 is 2.33 bits per heavy atom. The number of pyridine rings is 1. The number of para-hydroxylation sites is 1. The molecule has 0 fully saturated rings. The molecule has 2 aromatic carbocycles. The van der Waals surface area contributed by atoms with Gasteiger partial charge in [-0.25, -0.2) is 18.4 Å². The Kier molecular flexibility index (Phi) is 4.15. The lowest BCUT2D eigenvalue weighted by Crippen LogP contribution is -2.19. The highest BCUT2D eigenvalue weighted by molar-refractivity contribution is 7.89. The molecule has 3 rings (SSSR count). The summed E-state index contributed by atoms with van der Waals surface area (Å²) in [5.74, 6) is 0. The molecule has 1 aromatic heterocycles. The van der Waals surface area contributed by atoms with Crippen molar-refractivity contribution in [2.75, 3.05) is 10.6 Å². The molecular weight excluding hydrogens is 328 g/mol. The molecule has 8 heteroatoms. The van der Waals surface area contributed by atoms with Crippen molar-refractivity contribution in [3.05, 3.63) is 60.8 Å². The summed E-state index contributed by atoms with van der Waals surface area (Å²) < 4.78 is 22.4. The lowest BCUT2D eigenvalue weighted by atomic mass is 10.2. The molecule has 122 valence electrons. The van der Waals surface area contributed by atoms with Gasteiger partial charge in [-0.3, -0.25) is 4.98 Å². The van der Waals surface area contributed by atoms with Gasteiger partial charge in [0, 0.05) is 11.1 Å². The molecule has 0 bridgehead atoms. The van der Waals surface area contributed by atoms with Crippen molar-refractivity contribution in [2.45, 2.75) is 4.90 Å². The molecule has 4 N–H and O–H groups in total. The average molecular weight is 342 g/mol. The number of nitrogens with zero attached hydrogens (tertiary/aromatic N) is 1. The molecule has 0 spiro atoms. The molecule has 0 aliphatic rings. The number of fused-ring (bicyclic) bond motifs is 1. The van der Waals surface area contributed by atoms with Crippen molar-refractivity contribution in [3.63, 3.8) is 0 Å². The van der Waals surface area contributed by atoms with E-state index in [9.17, 15) is 13.2 Å². The normalized spacial score (nSPS) is 11.2. The van der Waals surface area contributed by atoms with E-state index in [1.807, 2.05) is 30.3 Å². The summed E-state index contributed by atoms with van der Waals surface area (Å²) in [5, 5.41) is 11.2. The summed E-state index contributed by atoms with van der Waals surface area (Å²) >= 11 is 0. The summed E-state index contributed by atoms with van der Waals surface area (Å²) in [6.45, 7) is 0. The number of rotatable bonds is 3. The number of amides is 2. The number of sulfonamides is 1. The van der Waals surface area contributed by atoms with E-state index < -0.39 is 16.1 Å². The number of carbonyl (C=O) groups excluding carboxylic acids is 1. The summed E-state index contributed by atoms with van der Waals surface area (Å²) in [6, 6.07) is 14.5. The standard InChI is InChI=1S/C16H14N4O3S/c17-24(22,23)14-7-5-12(6-8-14)19-16(21)20-13-9-11-3-1-2-4-15(11)18-10-13/h1-10H,(H2,17,22,23)(H2,19,20,21). The van der Waals surface area contributed by atoms with Gasteiger partial charge >= 0.3 is 6.03 Å². The van der Waals surface area contributed by atoms with Gasteiger partial charge in [0.15, 0.2) is 0 Å². The van der Waals surface area contributed by atoms with Gasteiger partial charge < -0.3 is 10.6 Å². The monoisotopic (exact) mass is 342 g/mol. The van der Waals surface area contributed by atoms with Gasteiger partial charge in [0.1, 0.15) is 0 Å². The van der Waals surface area contributed by atoms with Crippen LogP contribution in [0.4, 0.5) is 16.2 Å². The average Bonchev–Trinajstić information content (AvgIpc) is 2.54. The molecule has 3 aromatic rings. The molecule has 1 heterocycles. The predicted molar refractivity (Wildman–Crippen MR) is 92.2 cm³/mol. The lowest BCUT2D eigenvalue weighted by Gasteiger charge is -2.08. The maximum Gasteiger partial charge on any atom is 0.323 e. The van der Waals surface area contributed by atoms with Gasteiger partial charge in [-0.2, -0.15) is 0 Å². The van der Waals surface area contributed by atoms with Crippen molar-refractivity contribution in [1.29, 1.82) is 0 Å². The third-order valence-electron chi connectivity index (χ3n) is 3.29. The minimum absolute atomic E-state index is 0.0211. The van der Waals surface area contributed by atoms with E-state index in [0.717, 1.165) is 10.9 Å². The third kappa shape index (κ3) is 3.67. The Balaban J connectivity index is 1.70. The Bertz CT molecular complexity index is 1000. The molecule has 0 aliphatic carbocycles. The first kappa shape index (κ1) is 15.9. The smallest absolute Gasteiger partial charge is 0.308 e. The molecule has 0 saturated heterocycles. The highest BCUT2D eigenvalue weighted by Gasteiger charge is 2.08. The van der Waals surface area contributed by atoms with Gasteiger partial charge in [0.2, 0.25) is 10.0 Å². The SMILES string of the molecule is NS(=O)(=O)c1ccc(NC(=O)Nc2cnc3ccccc3c2)cc1. The van der Waals surface area contributed by atoms with Crippen LogP contribution in [0.15, 0.2) is 65.7 Å². The maximum atomic E-state index is 12.0. The first-order valence-corrected chi connectivity index (χ1v) is 8.52. The van der Waals surface area contributed by atoms with Crippen LogP contribution >= 0.6 is 0 Å². The van der Waals surface area contributed by atoms with E-state index in [4.69, 9.17) is 5.14 Å². The number of nitrogens with two attached hydrogens (primary N) is 1. The van der Waals surface area contributed by atoms with Crippen LogP contribution < -0.4 is 15.8 Å². The zero-order valence-corrected chi connectivity index (χ0v) is 13.2. The predicted octanol–water partition coefficient (Wildman–Crippen LogP) is 2.53. The zero-order valence-electron chi connectivity index (χ0n) is 12.4. The number of nitrogens with one attached hydrogen (secondary N) is 2. The molecule has 0 aliphatic heterocycles. The Morgan fingerprint density at radius 2 is 1.62 bits per heavy atom. The van der Waals surface area contributed by atoms with E-state index in [0.29, 0.717) is 11.4 Å². The van der Waals surface area contributed by atoms with Crippen molar-refractivity contribution in [2.24, 2.45) is 5.14 Å². The van der Waals surface area contributed by atoms with Crippen LogP contribution in [0.5, 0.6) is 0 Å². The Labute approximate surface area is 138 Å². The van der Waals surface area contributed by atoms with Crippen LogP contribution in [-0.4, -0.2) is 19.4 Å². The largest absolute Gasteiger partial charge is 0.323 e. The highest BCUT2D eigenvalue weighted by Crippen LogP contribution is 2.17. The number of benzene rings is 2. The minimum atomic E-state index is -3.75. The minimum Gasteiger partial charge on any atom is -0.308 e. The van der Waals surface area contributed by atoms with Gasteiger partial charge in [0.25, 0.3) is 0 Å². The van der Waals surface area contributed by atoms with Crippen molar-refractivity contribution < 1.29 is 13.2 Å². The number of primary sulfonamides is 1. The fourth-order valence-corrected chi connectivity index (χ4v) is 2.68. The van der Waals surface area contributed by atoms with Gasteiger partial charge in [-0.05, 0) is 36.4 Å². The van der Waals surface area contributed by atoms with Crippen LogP contribution in [0, 0.1) is 0 Å². The second-order valence-corrected chi connectivity index (χ2v) is 6.63. The molecule has 0 unspecified atom stereocenters. The van der Waals surface area contributed by atoms with Crippen LogP contribution in [0.3, 0.4) is 0 Å². The Morgan fingerprint density at radius 1 is 0.958 bits per heavy atom. The number of urea groups is 1. The molecular formula is C16H14N4O3S. The van der Waals surface area contributed by atoms with Crippen LogP contribution in [0.25, 0.3) is 10.9 Å². The van der Waals surface area contributed by atoms with Crippen molar-refractivity contribution >= 4 is 38.3 Å². The first-order chi connectivity index (χ1) is 11.4. The van der Waals surface area contributed by atoms with Gasteiger partial charge in [0.05, 0.1) is 22.3 Å². The van der Waals surface area contributed by atoms with E-state index in [1.165, 1.54) is 24.3 Å².